The highest BCUT2D eigenvalue weighted by Gasteiger charge is 2.25. The number of hydrogen-bond donors (Lipinski definition) is 1. The van der Waals surface area contributed by atoms with Crippen LogP contribution in [-0.2, 0) is 17.6 Å². The summed E-state index contributed by atoms with van der Waals surface area (Å²) in [6.07, 6.45) is 5.24. The van der Waals surface area contributed by atoms with Gasteiger partial charge in [0.15, 0.2) is 0 Å². The van der Waals surface area contributed by atoms with Gasteiger partial charge in [-0.15, -0.1) is 0 Å². The Balaban J connectivity index is 1.21. The number of H-pyrrole nitrogens is 1. The predicted molar refractivity (Wildman–Crippen MR) is 129 cm³/mol. The maximum absolute atomic E-state index is 12.9. The number of benzene rings is 2. The summed E-state index contributed by atoms with van der Waals surface area (Å²) >= 11 is 0. The van der Waals surface area contributed by atoms with Crippen LogP contribution in [0, 0.1) is 6.92 Å². The molecule has 1 amide bonds. The summed E-state index contributed by atoms with van der Waals surface area (Å²) in [5, 5.41) is 1.14. The van der Waals surface area contributed by atoms with E-state index in [0.29, 0.717) is 12.3 Å². The predicted octanol–water partition coefficient (Wildman–Crippen LogP) is 5.41. The first-order valence-corrected chi connectivity index (χ1v) is 11.5. The zero-order chi connectivity index (χ0) is 21.9. The number of hydrogen-bond acceptors (Lipinski definition) is 2. The Kier molecular flexibility index (Phi) is 5.76. The maximum atomic E-state index is 12.9. The van der Waals surface area contributed by atoms with Crippen molar-refractivity contribution < 1.29 is 4.79 Å². The van der Waals surface area contributed by atoms with E-state index < -0.39 is 0 Å². The molecule has 0 spiro atoms. The van der Waals surface area contributed by atoms with E-state index >= 15 is 0 Å². The van der Waals surface area contributed by atoms with Crippen LogP contribution in [-0.4, -0.2) is 33.9 Å². The van der Waals surface area contributed by atoms with Crippen LogP contribution >= 0.6 is 0 Å². The molecule has 1 fully saturated rings. The van der Waals surface area contributed by atoms with E-state index in [-0.39, 0.29) is 5.91 Å². The quantitative estimate of drug-likeness (QED) is 0.466. The van der Waals surface area contributed by atoms with Gasteiger partial charge in [-0.2, -0.15) is 0 Å². The third-order valence-corrected chi connectivity index (χ3v) is 6.74. The number of amides is 1. The molecule has 5 rings (SSSR count). The van der Waals surface area contributed by atoms with E-state index in [1.165, 1.54) is 16.8 Å². The summed E-state index contributed by atoms with van der Waals surface area (Å²) in [6.45, 7) is 3.76. The van der Waals surface area contributed by atoms with Gasteiger partial charge in [-0.05, 0) is 54.7 Å². The molecule has 2 aromatic carbocycles. The summed E-state index contributed by atoms with van der Waals surface area (Å²) < 4.78 is 0. The normalized spacial score (nSPS) is 14.7. The molecule has 0 aliphatic carbocycles. The summed E-state index contributed by atoms with van der Waals surface area (Å²) in [5.74, 6) is 0.637. The van der Waals surface area contributed by atoms with Gasteiger partial charge >= 0.3 is 0 Å². The van der Waals surface area contributed by atoms with Gasteiger partial charge in [0.1, 0.15) is 0 Å². The number of para-hydroxylation sites is 1. The maximum Gasteiger partial charge on any atom is 0.227 e. The molecule has 1 saturated heterocycles. The molecule has 0 bridgehead atoms. The number of fused-ring (bicyclic) bond motifs is 1. The first-order valence-electron chi connectivity index (χ1n) is 11.5. The second kappa shape index (κ2) is 8.99. The van der Waals surface area contributed by atoms with Crippen LogP contribution in [0.4, 0.5) is 0 Å². The highest BCUT2D eigenvalue weighted by atomic mass is 16.2. The van der Waals surface area contributed by atoms with Crippen molar-refractivity contribution in [3.8, 4) is 0 Å². The highest BCUT2D eigenvalue weighted by molar-refractivity contribution is 5.88. The monoisotopic (exact) mass is 423 g/mol. The lowest BCUT2D eigenvalue weighted by Gasteiger charge is -2.32. The number of likely N-dealkylation sites (tertiary alicyclic amines) is 1. The molecular formula is C28H29N3O. The summed E-state index contributed by atoms with van der Waals surface area (Å²) in [6, 6.07) is 23.1. The van der Waals surface area contributed by atoms with Crippen LogP contribution < -0.4 is 0 Å². The Morgan fingerprint density at radius 1 is 0.969 bits per heavy atom. The largest absolute Gasteiger partial charge is 0.361 e. The van der Waals surface area contributed by atoms with Crippen LogP contribution in [0.15, 0.2) is 72.9 Å². The average Bonchev–Trinajstić information content (AvgIpc) is 3.24. The van der Waals surface area contributed by atoms with Crippen molar-refractivity contribution in [2.45, 2.75) is 38.5 Å². The van der Waals surface area contributed by atoms with Crippen LogP contribution in [0.5, 0.6) is 0 Å². The van der Waals surface area contributed by atoms with Gasteiger partial charge in [-0.25, -0.2) is 0 Å². The summed E-state index contributed by atoms with van der Waals surface area (Å²) in [5.41, 5.74) is 7.09. The molecular weight excluding hydrogens is 394 g/mol. The minimum atomic E-state index is 0.217. The lowest BCUT2D eigenvalue weighted by atomic mass is 9.92. The molecule has 3 heterocycles. The summed E-state index contributed by atoms with van der Waals surface area (Å²) in [4.78, 5) is 23.2. The Morgan fingerprint density at radius 3 is 2.59 bits per heavy atom. The summed E-state index contributed by atoms with van der Waals surface area (Å²) in [7, 11) is 0. The third kappa shape index (κ3) is 4.31. The van der Waals surface area contributed by atoms with Gasteiger partial charge in [0.2, 0.25) is 5.91 Å². The van der Waals surface area contributed by atoms with Crippen molar-refractivity contribution >= 4 is 16.8 Å². The SMILES string of the molecule is Cc1ccccc1Cc1cccc(C2CCN(C(=O)Cc3c[nH]c4ccccc34)CC2)n1. The van der Waals surface area contributed by atoms with E-state index in [4.69, 9.17) is 4.98 Å². The number of aryl methyl sites for hydroxylation is 1. The lowest BCUT2D eigenvalue weighted by Crippen LogP contribution is -2.38. The van der Waals surface area contributed by atoms with Crippen LogP contribution in [0.2, 0.25) is 0 Å². The Labute approximate surface area is 189 Å². The fraction of sp³-hybridized carbons (Fsp3) is 0.286. The number of carbonyl (C=O) groups is 1. The minimum absolute atomic E-state index is 0.217. The van der Waals surface area contributed by atoms with Crippen molar-refractivity contribution in [2.75, 3.05) is 13.1 Å². The van der Waals surface area contributed by atoms with Crippen molar-refractivity contribution in [3.63, 3.8) is 0 Å². The molecule has 162 valence electrons. The van der Waals surface area contributed by atoms with E-state index in [9.17, 15) is 4.79 Å². The van der Waals surface area contributed by atoms with Crippen molar-refractivity contribution in [3.05, 3.63) is 101 Å². The molecule has 1 aliphatic rings. The average molecular weight is 424 g/mol. The first kappa shape index (κ1) is 20.5. The van der Waals surface area contributed by atoms with Gasteiger partial charge in [0.25, 0.3) is 0 Å². The Morgan fingerprint density at radius 2 is 1.75 bits per heavy atom. The number of carbonyl (C=O) groups excluding carboxylic acids is 1. The van der Waals surface area contributed by atoms with E-state index in [0.717, 1.165) is 54.5 Å². The van der Waals surface area contributed by atoms with Crippen LogP contribution in [0.3, 0.4) is 0 Å². The van der Waals surface area contributed by atoms with Gasteiger partial charge < -0.3 is 9.88 Å². The molecule has 0 unspecified atom stereocenters. The van der Waals surface area contributed by atoms with Crippen LogP contribution in [0.25, 0.3) is 10.9 Å². The molecule has 4 heteroatoms. The standard InChI is InChI=1S/C28H29N3O/c1-20-7-2-3-8-22(20)17-24-9-6-12-26(30-24)21-13-15-31(16-14-21)28(32)18-23-19-29-27-11-5-4-10-25(23)27/h2-12,19,21,29H,13-18H2,1H3. The second-order valence-electron chi connectivity index (χ2n) is 8.85. The smallest absolute Gasteiger partial charge is 0.227 e. The minimum Gasteiger partial charge on any atom is -0.361 e. The lowest BCUT2D eigenvalue weighted by molar-refractivity contribution is -0.131. The van der Waals surface area contributed by atoms with E-state index in [2.05, 4.69) is 66.5 Å². The molecule has 0 saturated carbocycles. The number of piperidine rings is 1. The highest BCUT2D eigenvalue weighted by Crippen LogP contribution is 2.28. The number of pyridine rings is 1. The molecule has 2 aromatic heterocycles. The molecule has 0 atom stereocenters. The number of nitrogens with one attached hydrogen (secondary N) is 1. The molecule has 4 nitrogen and oxygen atoms in total. The van der Waals surface area contributed by atoms with E-state index in [1.54, 1.807) is 0 Å². The fourth-order valence-electron chi connectivity index (χ4n) is 4.80. The topological polar surface area (TPSA) is 49.0 Å². The molecule has 4 aromatic rings. The van der Waals surface area contributed by atoms with Crippen molar-refractivity contribution in [1.29, 1.82) is 0 Å². The molecule has 1 aliphatic heterocycles. The Hall–Kier alpha value is -3.40. The number of rotatable bonds is 5. The van der Waals surface area contributed by atoms with Crippen molar-refractivity contribution in [1.82, 2.24) is 14.9 Å². The number of aromatic nitrogens is 2. The zero-order valence-corrected chi connectivity index (χ0v) is 18.6. The van der Waals surface area contributed by atoms with Crippen LogP contribution in [0.1, 0.15) is 46.8 Å². The van der Waals surface area contributed by atoms with Gasteiger partial charge in [0.05, 0.1) is 6.42 Å². The number of nitrogens with zero attached hydrogens (tertiary/aromatic N) is 2. The molecule has 32 heavy (non-hydrogen) atoms. The second-order valence-corrected chi connectivity index (χ2v) is 8.85. The van der Waals surface area contributed by atoms with Gasteiger partial charge in [-0.1, -0.05) is 48.5 Å². The third-order valence-electron chi connectivity index (χ3n) is 6.74. The van der Waals surface area contributed by atoms with Crippen molar-refractivity contribution in [2.24, 2.45) is 0 Å². The molecule has 0 radical (unpaired) electrons. The van der Waals surface area contributed by atoms with E-state index in [1.807, 2.05) is 23.2 Å². The fourth-order valence-corrected chi connectivity index (χ4v) is 4.80. The van der Waals surface area contributed by atoms with Gasteiger partial charge in [0, 0.05) is 53.9 Å². The first-order chi connectivity index (χ1) is 15.7. The number of aromatic amines is 1. The Bertz CT molecular complexity index is 1230. The van der Waals surface area contributed by atoms with Gasteiger partial charge in [-0.3, -0.25) is 9.78 Å². The molecule has 1 N–H and O–H groups in total. The zero-order valence-electron chi connectivity index (χ0n) is 18.6.